The third kappa shape index (κ3) is 4.57. The van der Waals surface area contributed by atoms with Crippen LogP contribution in [0.5, 0.6) is 0 Å². The normalized spacial score (nSPS) is 22.6. The van der Waals surface area contributed by atoms with Crippen LogP contribution in [0.1, 0.15) is 23.3 Å². The van der Waals surface area contributed by atoms with Crippen LogP contribution in [0.25, 0.3) is 0 Å². The fourth-order valence-electron chi connectivity index (χ4n) is 4.18. The van der Waals surface area contributed by atoms with Gasteiger partial charge in [-0.15, -0.1) is 11.3 Å². The highest BCUT2D eigenvalue weighted by Crippen LogP contribution is 2.18. The largest absolute Gasteiger partial charge is 0.338 e. The van der Waals surface area contributed by atoms with Crippen molar-refractivity contribution in [1.82, 2.24) is 9.80 Å². The van der Waals surface area contributed by atoms with Crippen molar-refractivity contribution in [2.75, 3.05) is 26.3 Å². The van der Waals surface area contributed by atoms with E-state index in [0.29, 0.717) is 12.3 Å². The monoisotopic (exact) mass is 412 g/mol. The highest BCUT2D eigenvalue weighted by atomic mass is 32.1. The molecule has 1 aromatic heterocycles. The topological polar surface area (TPSA) is 62.1 Å². The molecule has 6 nitrogen and oxygen atoms in total. The van der Waals surface area contributed by atoms with E-state index in [4.69, 9.17) is 0 Å². The maximum absolute atomic E-state index is 12.7. The number of rotatable bonds is 7. The van der Waals surface area contributed by atoms with E-state index >= 15 is 0 Å². The molecule has 0 unspecified atom stereocenters. The Bertz CT molecular complexity index is 861. The van der Waals surface area contributed by atoms with Crippen molar-refractivity contribution in [2.24, 2.45) is 5.92 Å². The first-order chi connectivity index (χ1) is 14.1. The van der Waals surface area contributed by atoms with E-state index in [2.05, 4.69) is 24.3 Å². The summed E-state index contributed by atoms with van der Waals surface area (Å²) in [7, 11) is 0. The van der Waals surface area contributed by atoms with Gasteiger partial charge in [-0.2, -0.15) is 0 Å². The van der Waals surface area contributed by atoms with E-state index in [9.17, 15) is 14.4 Å². The Labute approximate surface area is 174 Å². The summed E-state index contributed by atoms with van der Waals surface area (Å²) in [6, 6.07) is 14.0. The number of benzene rings is 1. The number of thiophene rings is 1. The zero-order chi connectivity index (χ0) is 20.2. The highest BCUT2D eigenvalue weighted by Gasteiger charge is 2.46. The molecule has 1 N–H and O–H groups in total. The van der Waals surface area contributed by atoms with Gasteiger partial charge < -0.3 is 4.90 Å². The number of nitrogens with one attached hydrogen (secondary N) is 1. The van der Waals surface area contributed by atoms with Gasteiger partial charge in [-0.3, -0.25) is 14.5 Å². The summed E-state index contributed by atoms with van der Waals surface area (Å²) in [5.41, 5.74) is 1.36. The maximum atomic E-state index is 12.7. The Morgan fingerprint density at radius 2 is 1.66 bits per heavy atom. The van der Waals surface area contributed by atoms with E-state index in [1.54, 1.807) is 11.3 Å². The Morgan fingerprint density at radius 1 is 0.931 bits per heavy atom. The molecule has 4 amide bonds. The van der Waals surface area contributed by atoms with Crippen LogP contribution in [0.3, 0.4) is 0 Å². The summed E-state index contributed by atoms with van der Waals surface area (Å²) in [6.45, 7) is 2.38. The number of carbonyl (C=O) groups is 3. The molecule has 0 aliphatic carbocycles. The van der Waals surface area contributed by atoms with Gasteiger partial charge in [0.1, 0.15) is 0 Å². The summed E-state index contributed by atoms with van der Waals surface area (Å²) in [4.78, 5) is 41.9. The minimum absolute atomic E-state index is 0.259. The van der Waals surface area contributed by atoms with Crippen LogP contribution >= 0.6 is 11.3 Å². The molecule has 29 heavy (non-hydrogen) atoms. The molecule has 2 saturated heterocycles. The Balaban J connectivity index is 1.28. The molecule has 0 bridgehead atoms. The number of hydrogen-bond acceptors (Lipinski definition) is 4. The second-order valence-electron chi connectivity index (χ2n) is 7.84. The molecule has 152 valence electrons. The SMILES string of the molecule is O=C1C(=O)N(C[NH+]2CCC(Cc3ccccc3)CC2)C(=O)N1CCc1cccs1. The van der Waals surface area contributed by atoms with Crippen LogP contribution < -0.4 is 4.90 Å². The minimum atomic E-state index is -0.690. The lowest BCUT2D eigenvalue weighted by molar-refractivity contribution is -0.913. The molecule has 0 spiro atoms. The molecule has 0 saturated carbocycles. The zero-order valence-corrected chi connectivity index (χ0v) is 17.2. The van der Waals surface area contributed by atoms with Crippen molar-refractivity contribution in [3.63, 3.8) is 0 Å². The summed E-state index contributed by atoms with van der Waals surface area (Å²) in [6.07, 6.45) is 3.80. The van der Waals surface area contributed by atoms with Gasteiger partial charge in [-0.05, 0) is 42.2 Å². The average Bonchev–Trinajstić information content (AvgIpc) is 3.32. The summed E-state index contributed by atoms with van der Waals surface area (Å²) in [5, 5.41) is 1.96. The Morgan fingerprint density at radius 3 is 2.34 bits per heavy atom. The van der Waals surface area contributed by atoms with Gasteiger partial charge in [0.25, 0.3) is 0 Å². The first kappa shape index (κ1) is 19.8. The molecule has 7 heteroatoms. The van der Waals surface area contributed by atoms with E-state index in [1.807, 2.05) is 23.6 Å². The summed E-state index contributed by atoms with van der Waals surface area (Å²) >= 11 is 1.59. The predicted octanol–water partition coefficient (Wildman–Crippen LogP) is 1.58. The lowest BCUT2D eigenvalue weighted by Crippen LogP contribution is -3.14. The average molecular weight is 413 g/mol. The van der Waals surface area contributed by atoms with Gasteiger partial charge in [-0.25, -0.2) is 9.69 Å². The molecule has 2 aliphatic heterocycles. The Hall–Kier alpha value is -2.51. The van der Waals surface area contributed by atoms with Gasteiger partial charge >= 0.3 is 17.8 Å². The van der Waals surface area contributed by atoms with Gasteiger partial charge in [-0.1, -0.05) is 36.4 Å². The van der Waals surface area contributed by atoms with Crippen molar-refractivity contribution >= 4 is 29.2 Å². The number of carbonyl (C=O) groups excluding carboxylic acids is 3. The third-order valence-corrected chi connectivity index (χ3v) is 6.79. The Kier molecular flexibility index (Phi) is 6.06. The molecule has 4 rings (SSSR count). The second-order valence-corrected chi connectivity index (χ2v) is 8.88. The molecule has 1 aromatic carbocycles. The van der Waals surface area contributed by atoms with E-state index in [-0.39, 0.29) is 13.2 Å². The molecule has 2 fully saturated rings. The van der Waals surface area contributed by atoms with Crippen LogP contribution in [0, 0.1) is 5.92 Å². The molecule has 2 aromatic rings. The molecular formula is C22H26N3O3S+. The maximum Gasteiger partial charge on any atom is 0.338 e. The fraction of sp³-hybridized carbons (Fsp3) is 0.409. The van der Waals surface area contributed by atoms with Gasteiger partial charge in [0.2, 0.25) is 0 Å². The second kappa shape index (κ2) is 8.88. The highest BCUT2D eigenvalue weighted by molar-refractivity contribution is 7.09. The standard InChI is InChI=1S/C22H25N3O3S/c26-20-21(27)25(22(28)24(20)13-10-19-7-4-14-29-19)16-23-11-8-18(9-12-23)15-17-5-2-1-3-6-17/h1-7,14,18H,8-13,15-16H2/p+1. The van der Waals surface area contributed by atoms with Crippen molar-refractivity contribution in [1.29, 1.82) is 0 Å². The molecule has 2 aliphatic rings. The fourth-order valence-corrected chi connectivity index (χ4v) is 4.88. The van der Waals surface area contributed by atoms with Crippen LogP contribution in [0.4, 0.5) is 4.79 Å². The van der Waals surface area contributed by atoms with E-state index in [0.717, 1.165) is 47.0 Å². The number of piperidine rings is 1. The first-order valence-corrected chi connectivity index (χ1v) is 11.1. The summed E-state index contributed by atoms with van der Waals surface area (Å²) in [5.74, 6) is -0.736. The number of quaternary nitrogens is 1. The number of amides is 4. The predicted molar refractivity (Wildman–Crippen MR) is 110 cm³/mol. The molecule has 0 radical (unpaired) electrons. The van der Waals surface area contributed by atoms with Crippen LogP contribution in [0.15, 0.2) is 47.8 Å². The van der Waals surface area contributed by atoms with E-state index < -0.39 is 17.8 Å². The summed E-state index contributed by atoms with van der Waals surface area (Å²) < 4.78 is 0. The van der Waals surface area contributed by atoms with Gasteiger partial charge in [0, 0.05) is 17.8 Å². The number of imide groups is 2. The molecule has 3 heterocycles. The minimum Gasteiger partial charge on any atom is -0.317 e. The van der Waals surface area contributed by atoms with Gasteiger partial charge in [0.15, 0.2) is 6.67 Å². The number of urea groups is 1. The van der Waals surface area contributed by atoms with Gasteiger partial charge in [0.05, 0.1) is 13.1 Å². The number of likely N-dealkylation sites (tertiary alicyclic amines) is 1. The molecular weight excluding hydrogens is 386 g/mol. The first-order valence-electron chi connectivity index (χ1n) is 10.2. The zero-order valence-electron chi connectivity index (χ0n) is 16.4. The van der Waals surface area contributed by atoms with Crippen molar-refractivity contribution in [3.05, 3.63) is 58.3 Å². The lowest BCUT2D eigenvalue weighted by atomic mass is 9.90. The number of nitrogens with zero attached hydrogens (tertiary/aromatic N) is 2. The van der Waals surface area contributed by atoms with Crippen LogP contribution in [-0.4, -0.2) is 53.9 Å². The third-order valence-electron chi connectivity index (χ3n) is 5.86. The van der Waals surface area contributed by atoms with Crippen molar-refractivity contribution in [2.45, 2.75) is 25.7 Å². The smallest absolute Gasteiger partial charge is 0.317 e. The van der Waals surface area contributed by atoms with E-state index in [1.165, 1.54) is 10.5 Å². The van der Waals surface area contributed by atoms with Crippen molar-refractivity contribution in [3.8, 4) is 0 Å². The number of hydrogen-bond donors (Lipinski definition) is 1. The van der Waals surface area contributed by atoms with Crippen LogP contribution in [0.2, 0.25) is 0 Å². The van der Waals surface area contributed by atoms with Crippen molar-refractivity contribution < 1.29 is 19.3 Å². The molecule has 0 atom stereocenters. The lowest BCUT2D eigenvalue weighted by Gasteiger charge is -2.31. The van der Waals surface area contributed by atoms with Crippen LogP contribution in [-0.2, 0) is 22.4 Å². The quantitative estimate of drug-likeness (QED) is 0.555.